The van der Waals surface area contributed by atoms with Crippen molar-refractivity contribution in [2.45, 2.75) is 6.54 Å². The summed E-state index contributed by atoms with van der Waals surface area (Å²) in [5, 5.41) is 7.56. The first-order valence-electron chi connectivity index (χ1n) is 5.29. The lowest BCUT2D eigenvalue weighted by Crippen LogP contribution is -2.22. The van der Waals surface area contributed by atoms with Gasteiger partial charge in [-0.25, -0.2) is 4.68 Å². The van der Waals surface area contributed by atoms with Gasteiger partial charge in [0.2, 0.25) is 0 Å². The molecule has 1 aromatic carbocycles. The van der Waals surface area contributed by atoms with Crippen LogP contribution in [0.15, 0.2) is 39.7 Å². The van der Waals surface area contributed by atoms with Crippen LogP contribution in [0.4, 0.5) is 5.69 Å². The van der Waals surface area contributed by atoms with Crippen LogP contribution in [0.5, 0.6) is 0 Å². The van der Waals surface area contributed by atoms with Crippen LogP contribution in [0, 0.1) is 0 Å². The van der Waals surface area contributed by atoms with E-state index in [4.69, 9.17) is 11.6 Å². The molecule has 0 saturated carbocycles. The lowest BCUT2D eigenvalue weighted by Gasteiger charge is -2.07. The Kier molecular flexibility index (Phi) is 4.04. The second-order valence-corrected chi connectivity index (χ2v) is 5.05. The smallest absolute Gasteiger partial charge is 0.269 e. The Labute approximate surface area is 118 Å². The molecule has 1 aromatic heterocycles. The van der Waals surface area contributed by atoms with Gasteiger partial charge in [-0.3, -0.25) is 4.79 Å². The normalized spacial score (nSPS) is 10.4. The van der Waals surface area contributed by atoms with Gasteiger partial charge in [0.1, 0.15) is 0 Å². The molecule has 4 nitrogen and oxygen atoms in total. The van der Waals surface area contributed by atoms with Crippen molar-refractivity contribution in [3.05, 3.63) is 55.9 Å². The molecule has 0 fully saturated rings. The van der Waals surface area contributed by atoms with Crippen molar-refractivity contribution in [3.8, 4) is 0 Å². The molecule has 6 heteroatoms. The van der Waals surface area contributed by atoms with E-state index in [-0.39, 0.29) is 5.56 Å². The maximum absolute atomic E-state index is 11.8. The number of nitrogens with zero attached hydrogens (tertiary/aromatic N) is 2. The topological polar surface area (TPSA) is 46.9 Å². The number of anilines is 1. The van der Waals surface area contributed by atoms with Gasteiger partial charge in [-0.1, -0.05) is 33.6 Å². The Morgan fingerprint density at radius 3 is 2.83 bits per heavy atom. The Hall–Kier alpha value is -1.33. The van der Waals surface area contributed by atoms with E-state index in [9.17, 15) is 4.79 Å². The van der Waals surface area contributed by atoms with E-state index in [0.29, 0.717) is 17.3 Å². The zero-order valence-corrected chi connectivity index (χ0v) is 12.0. The third-order valence-electron chi connectivity index (χ3n) is 2.49. The molecule has 18 heavy (non-hydrogen) atoms. The number of hydrogen-bond acceptors (Lipinski definition) is 3. The number of nitrogens with one attached hydrogen (secondary N) is 1. The third-order valence-corrected chi connectivity index (χ3v) is 3.34. The highest BCUT2D eigenvalue weighted by molar-refractivity contribution is 9.10. The van der Waals surface area contributed by atoms with E-state index >= 15 is 0 Å². The molecule has 0 bridgehead atoms. The molecule has 0 saturated heterocycles. The maximum Gasteiger partial charge on any atom is 0.269 e. The number of rotatable bonds is 3. The fraction of sp³-hybridized carbons (Fsp3) is 0.167. The lowest BCUT2D eigenvalue weighted by atomic mass is 10.2. The standard InChI is InChI=1S/C12H11BrClN3O/c1-15-10-5-12(18)17(16-6-10)7-8-2-3-9(13)4-11(8)14/h2-6,15H,7H2,1H3. The second kappa shape index (κ2) is 5.54. The van der Waals surface area contributed by atoms with Crippen molar-refractivity contribution < 1.29 is 0 Å². The molecule has 1 N–H and O–H groups in total. The monoisotopic (exact) mass is 327 g/mol. The summed E-state index contributed by atoms with van der Waals surface area (Å²) in [6.07, 6.45) is 1.61. The summed E-state index contributed by atoms with van der Waals surface area (Å²) in [5.41, 5.74) is 1.38. The van der Waals surface area contributed by atoms with Crippen LogP contribution >= 0.6 is 27.5 Å². The molecule has 0 aliphatic rings. The van der Waals surface area contributed by atoms with Crippen molar-refractivity contribution in [1.82, 2.24) is 9.78 Å². The van der Waals surface area contributed by atoms with Crippen LogP contribution in [0.2, 0.25) is 5.02 Å². The SMILES string of the molecule is CNc1cnn(Cc2ccc(Br)cc2Cl)c(=O)c1. The Morgan fingerprint density at radius 1 is 1.44 bits per heavy atom. The van der Waals surface area contributed by atoms with Crippen molar-refractivity contribution >= 4 is 33.2 Å². The zero-order valence-electron chi connectivity index (χ0n) is 9.65. The molecule has 1 heterocycles. The largest absolute Gasteiger partial charge is 0.387 e. The van der Waals surface area contributed by atoms with Crippen LogP contribution < -0.4 is 10.9 Å². The third kappa shape index (κ3) is 2.91. The Balaban J connectivity index is 2.31. The van der Waals surface area contributed by atoms with Gasteiger partial charge in [0, 0.05) is 22.6 Å². The minimum Gasteiger partial charge on any atom is -0.387 e. The highest BCUT2D eigenvalue weighted by Gasteiger charge is 2.05. The summed E-state index contributed by atoms with van der Waals surface area (Å²) in [5.74, 6) is 0. The van der Waals surface area contributed by atoms with Crippen LogP contribution in [0.1, 0.15) is 5.56 Å². The predicted molar refractivity (Wildman–Crippen MR) is 76.3 cm³/mol. The molecule has 0 aliphatic carbocycles. The quantitative estimate of drug-likeness (QED) is 0.942. The molecule has 0 spiro atoms. The van der Waals surface area contributed by atoms with Crippen LogP contribution in [-0.2, 0) is 6.54 Å². The number of hydrogen-bond donors (Lipinski definition) is 1. The molecule has 0 radical (unpaired) electrons. The summed E-state index contributed by atoms with van der Waals surface area (Å²) in [6, 6.07) is 7.05. The number of aromatic nitrogens is 2. The summed E-state index contributed by atoms with van der Waals surface area (Å²) in [7, 11) is 1.74. The first-order chi connectivity index (χ1) is 8.60. The summed E-state index contributed by atoms with van der Waals surface area (Å²) < 4.78 is 2.28. The van der Waals surface area contributed by atoms with Crippen molar-refractivity contribution in [2.24, 2.45) is 0 Å². The van der Waals surface area contributed by atoms with Gasteiger partial charge in [0.05, 0.1) is 18.4 Å². The van der Waals surface area contributed by atoms with Crippen LogP contribution in [0.25, 0.3) is 0 Å². The minimum atomic E-state index is -0.166. The van der Waals surface area contributed by atoms with Gasteiger partial charge in [0.15, 0.2) is 0 Å². The lowest BCUT2D eigenvalue weighted by molar-refractivity contribution is 0.640. The maximum atomic E-state index is 11.8. The summed E-state index contributed by atoms with van der Waals surface area (Å²) in [4.78, 5) is 11.8. The van der Waals surface area contributed by atoms with Gasteiger partial charge in [-0.2, -0.15) is 5.10 Å². The molecular weight excluding hydrogens is 318 g/mol. The highest BCUT2D eigenvalue weighted by atomic mass is 79.9. The van der Waals surface area contributed by atoms with Crippen LogP contribution in [0.3, 0.4) is 0 Å². The van der Waals surface area contributed by atoms with E-state index in [1.54, 1.807) is 19.3 Å². The first kappa shape index (κ1) is 13.1. The average Bonchev–Trinajstić information content (AvgIpc) is 2.34. The molecule has 0 atom stereocenters. The van der Waals surface area contributed by atoms with E-state index in [1.807, 2.05) is 12.1 Å². The molecule has 2 aromatic rings. The molecule has 0 amide bonds. The fourth-order valence-electron chi connectivity index (χ4n) is 1.50. The van der Waals surface area contributed by atoms with Gasteiger partial charge >= 0.3 is 0 Å². The van der Waals surface area contributed by atoms with E-state index < -0.39 is 0 Å². The summed E-state index contributed by atoms with van der Waals surface area (Å²) in [6.45, 7) is 0.356. The Bertz CT molecular complexity index is 627. The van der Waals surface area contributed by atoms with Gasteiger partial charge < -0.3 is 5.32 Å². The van der Waals surface area contributed by atoms with E-state index in [2.05, 4.69) is 26.3 Å². The second-order valence-electron chi connectivity index (χ2n) is 3.73. The van der Waals surface area contributed by atoms with Gasteiger partial charge in [0.25, 0.3) is 5.56 Å². The minimum absolute atomic E-state index is 0.166. The zero-order chi connectivity index (χ0) is 13.1. The Morgan fingerprint density at radius 2 is 2.22 bits per heavy atom. The van der Waals surface area contributed by atoms with Crippen molar-refractivity contribution in [2.75, 3.05) is 12.4 Å². The highest BCUT2D eigenvalue weighted by Crippen LogP contribution is 2.21. The molecular formula is C12H11BrClN3O. The molecule has 0 aliphatic heterocycles. The van der Waals surface area contributed by atoms with E-state index in [0.717, 1.165) is 10.0 Å². The predicted octanol–water partition coefficient (Wildman–Crippen LogP) is 2.75. The molecule has 0 unspecified atom stereocenters. The van der Waals surface area contributed by atoms with Gasteiger partial charge in [-0.05, 0) is 17.7 Å². The van der Waals surface area contributed by atoms with Crippen LogP contribution in [-0.4, -0.2) is 16.8 Å². The number of benzene rings is 1. The van der Waals surface area contributed by atoms with Gasteiger partial charge in [-0.15, -0.1) is 0 Å². The molecule has 94 valence electrons. The molecule has 2 rings (SSSR count). The van der Waals surface area contributed by atoms with Crippen molar-refractivity contribution in [1.29, 1.82) is 0 Å². The summed E-state index contributed by atoms with van der Waals surface area (Å²) >= 11 is 9.44. The number of halogens is 2. The fourth-order valence-corrected chi connectivity index (χ4v) is 2.23. The van der Waals surface area contributed by atoms with E-state index in [1.165, 1.54) is 10.7 Å². The first-order valence-corrected chi connectivity index (χ1v) is 6.46. The average molecular weight is 329 g/mol. The van der Waals surface area contributed by atoms with Crippen molar-refractivity contribution in [3.63, 3.8) is 0 Å².